The number of hydrogen-bond acceptors (Lipinski definition) is 2. The smallest absolute Gasteiger partial charge is 0.481 e. The van der Waals surface area contributed by atoms with E-state index in [-0.39, 0.29) is 19.4 Å². The summed E-state index contributed by atoms with van der Waals surface area (Å²) >= 11 is 0. The molecule has 0 atom stereocenters. The molecule has 14 heavy (non-hydrogen) atoms. The molecule has 0 rings (SSSR count). The number of amides is 2. The lowest BCUT2D eigenvalue weighted by atomic mass is 10.3. The Morgan fingerprint density at radius 2 is 1.86 bits per heavy atom. The Morgan fingerprint density at radius 3 is 2.29 bits per heavy atom. The monoisotopic (exact) mass is 214 g/mol. The molecule has 0 bridgehead atoms. The zero-order valence-corrected chi connectivity index (χ0v) is 7.02. The summed E-state index contributed by atoms with van der Waals surface area (Å²) in [6, 6.07) is -1.39. The third kappa shape index (κ3) is 8.62. The van der Waals surface area contributed by atoms with Gasteiger partial charge in [-0.3, -0.25) is 4.79 Å². The Labute approximate surface area is 77.3 Å². The number of carbonyl (C=O) groups excluding carboxylic acids is 1. The lowest BCUT2D eigenvalue weighted by Gasteiger charge is -2.09. The lowest BCUT2D eigenvalue weighted by Crippen LogP contribution is -2.44. The number of halogens is 3. The molecule has 8 heteroatoms. The normalized spacial score (nSPS) is 10.8. The van der Waals surface area contributed by atoms with Crippen LogP contribution >= 0.6 is 0 Å². The maximum absolute atomic E-state index is 11.5. The van der Waals surface area contributed by atoms with Gasteiger partial charge >= 0.3 is 18.3 Å². The van der Waals surface area contributed by atoms with E-state index in [1.165, 1.54) is 0 Å². The van der Waals surface area contributed by atoms with Crippen molar-refractivity contribution in [2.45, 2.75) is 19.1 Å². The van der Waals surface area contributed by atoms with E-state index >= 15 is 0 Å². The van der Waals surface area contributed by atoms with Crippen molar-refractivity contribution in [3.05, 3.63) is 0 Å². The van der Waals surface area contributed by atoms with E-state index in [0.29, 0.717) is 5.32 Å². The van der Waals surface area contributed by atoms with E-state index in [1.807, 2.05) is 5.32 Å². The predicted molar refractivity (Wildman–Crippen MR) is 39.5 cm³/mol. The number of urea groups is 1. The number of alkyl halides is 3. The number of hydrogen-bond donors (Lipinski definition) is 3. The van der Waals surface area contributed by atoms with Crippen LogP contribution in [0.25, 0.3) is 0 Å². The van der Waals surface area contributed by atoms with Crippen molar-refractivity contribution in [3.63, 3.8) is 0 Å². The molecule has 5 nitrogen and oxygen atoms in total. The summed E-state index contributed by atoms with van der Waals surface area (Å²) in [4.78, 5) is 20.4. The van der Waals surface area contributed by atoms with E-state index in [0.717, 1.165) is 0 Å². The summed E-state index contributed by atoms with van der Waals surface area (Å²) < 4.78 is 34.4. The maximum Gasteiger partial charge on any atom is 0.485 e. The second kappa shape index (κ2) is 5.30. The summed E-state index contributed by atoms with van der Waals surface area (Å²) in [5.74, 6) is -1.07. The van der Waals surface area contributed by atoms with Crippen LogP contribution in [0.1, 0.15) is 12.8 Å². The molecule has 0 aliphatic rings. The third-order valence-electron chi connectivity index (χ3n) is 1.11. The van der Waals surface area contributed by atoms with Crippen molar-refractivity contribution in [1.29, 1.82) is 0 Å². The van der Waals surface area contributed by atoms with Crippen LogP contribution in [0.15, 0.2) is 0 Å². The van der Waals surface area contributed by atoms with Gasteiger partial charge in [0.15, 0.2) is 0 Å². The van der Waals surface area contributed by atoms with Gasteiger partial charge in [-0.05, 0) is 6.42 Å². The molecule has 0 saturated carbocycles. The van der Waals surface area contributed by atoms with Crippen LogP contribution in [-0.4, -0.2) is 30.0 Å². The van der Waals surface area contributed by atoms with Gasteiger partial charge < -0.3 is 10.4 Å². The minimum absolute atomic E-state index is 0.0839. The second-order valence-electron chi connectivity index (χ2n) is 2.38. The van der Waals surface area contributed by atoms with Crippen molar-refractivity contribution in [1.82, 2.24) is 10.6 Å². The molecule has 0 aromatic heterocycles. The molecule has 0 unspecified atom stereocenters. The summed E-state index contributed by atoms with van der Waals surface area (Å²) in [5.41, 5.74) is 0. The van der Waals surface area contributed by atoms with Crippen LogP contribution in [0.5, 0.6) is 0 Å². The van der Waals surface area contributed by atoms with Crippen molar-refractivity contribution >= 4 is 12.0 Å². The lowest BCUT2D eigenvalue weighted by molar-refractivity contribution is -0.145. The number of nitrogens with one attached hydrogen (secondary N) is 2. The Hall–Kier alpha value is -1.47. The average Bonchev–Trinajstić information content (AvgIpc) is 1.94. The van der Waals surface area contributed by atoms with Crippen molar-refractivity contribution < 1.29 is 27.9 Å². The molecule has 0 fully saturated rings. The van der Waals surface area contributed by atoms with Gasteiger partial charge in [0.05, 0.1) is 0 Å². The molecule has 0 radical (unpaired) electrons. The number of carboxylic acid groups (broad SMARTS) is 1. The van der Waals surface area contributed by atoms with Crippen LogP contribution in [0.4, 0.5) is 18.0 Å². The Balaban J connectivity index is 3.50. The molecule has 0 aromatic rings. The number of rotatable bonds is 4. The summed E-state index contributed by atoms with van der Waals surface area (Å²) in [5, 5.41) is 10.7. The van der Waals surface area contributed by atoms with E-state index in [9.17, 15) is 22.8 Å². The standard InChI is InChI=1S/C6H9F3N2O3/c7-6(8,9)11-5(14)10-3-1-2-4(12)13/h1-3H2,(H,12,13)(H2,10,11,14). The van der Waals surface area contributed by atoms with Crippen LogP contribution < -0.4 is 10.6 Å². The average molecular weight is 214 g/mol. The summed E-state index contributed by atoms with van der Waals surface area (Å²) in [7, 11) is 0. The highest BCUT2D eigenvalue weighted by molar-refractivity contribution is 5.74. The van der Waals surface area contributed by atoms with E-state index in [4.69, 9.17) is 5.11 Å². The van der Waals surface area contributed by atoms with E-state index in [2.05, 4.69) is 0 Å². The SMILES string of the molecule is O=C(O)CCCNC(=O)NC(F)(F)F. The number of aliphatic carboxylic acids is 1. The molecule has 0 saturated heterocycles. The molecular weight excluding hydrogens is 205 g/mol. The molecule has 0 aromatic carbocycles. The minimum atomic E-state index is -4.77. The fourth-order valence-corrected chi connectivity index (χ4v) is 0.614. The van der Waals surface area contributed by atoms with E-state index in [1.54, 1.807) is 0 Å². The first-order chi connectivity index (χ1) is 6.31. The molecule has 3 N–H and O–H groups in total. The molecule has 2 amide bonds. The van der Waals surface area contributed by atoms with Crippen LogP contribution in [0.2, 0.25) is 0 Å². The first-order valence-corrected chi connectivity index (χ1v) is 3.66. The van der Waals surface area contributed by atoms with E-state index < -0.39 is 18.3 Å². The zero-order valence-electron chi connectivity index (χ0n) is 7.02. The van der Waals surface area contributed by atoms with Crippen LogP contribution in [-0.2, 0) is 4.79 Å². The van der Waals surface area contributed by atoms with Gasteiger partial charge in [-0.15, -0.1) is 0 Å². The predicted octanol–water partition coefficient (Wildman–Crippen LogP) is 0.670. The molecular formula is C6H9F3N2O3. The molecule has 82 valence electrons. The number of carboxylic acids is 1. The molecule has 0 aliphatic carbocycles. The topological polar surface area (TPSA) is 78.4 Å². The zero-order chi connectivity index (χ0) is 11.2. The Morgan fingerprint density at radius 1 is 1.29 bits per heavy atom. The highest BCUT2D eigenvalue weighted by atomic mass is 19.4. The number of carbonyl (C=O) groups is 2. The summed E-state index contributed by atoms with van der Waals surface area (Å²) in [6.45, 7) is -0.117. The van der Waals surface area contributed by atoms with Gasteiger partial charge in [-0.25, -0.2) is 10.1 Å². The van der Waals surface area contributed by atoms with Gasteiger partial charge in [0, 0.05) is 13.0 Å². The highest BCUT2D eigenvalue weighted by Crippen LogP contribution is 2.08. The van der Waals surface area contributed by atoms with Gasteiger partial charge in [0.2, 0.25) is 0 Å². The van der Waals surface area contributed by atoms with Crippen molar-refractivity contribution in [3.8, 4) is 0 Å². The maximum atomic E-state index is 11.5. The second-order valence-corrected chi connectivity index (χ2v) is 2.38. The van der Waals surface area contributed by atoms with Gasteiger partial charge in [0.25, 0.3) is 0 Å². The van der Waals surface area contributed by atoms with Gasteiger partial charge in [0.1, 0.15) is 0 Å². The molecule has 0 heterocycles. The first kappa shape index (κ1) is 12.5. The van der Waals surface area contributed by atoms with Crippen molar-refractivity contribution in [2.75, 3.05) is 6.54 Å². The Kier molecular flexibility index (Phi) is 4.74. The van der Waals surface area contributed by atoms with Gasteiger partial charge in [-0.1, -0.05) is 0 Å². The minimum Gasteiger partial charge on any atom is -0.481 e. The van der Waals surface area contributed by atoms with Crippen LogP contribution in [0.3, 0.4) is 0 Å². The highest BCUT2D eigenvalue weighted by Gasteiger charge is 2.29. The fraction of sp³-hybridized carbons (Fsp3) is 0.667. The first-order valence-electron chi connectivity index (χ1n) is 3.66. The van der Waals surface area contributed by atoms with Crippen molar-refractivity contribution in [2.24, 2.45) is 0 Å². The molecule has 0 aliphatic heterocycles. The largest absolute Gasteiger partial charge is 0.485 e. The fourth-order valence-electron chi connectivity index (χ4n) is 0.614. The van der Waals surface area contributed by atoms with Gasteiger partial charge in [-0.2, -0.15) is 13.2 Å². The van der Waals surface area contributed by atoms with Crippen LogP contribution in [0, 0.1) is 0 Å². The molecule has 0 spiro atoms. The Bertz CT molecular complexity index is 217. The quantitative estimate of drug-likeness (QED) is 0.475. The summed E-state index contributed by atoms with van der Waals surface area (Å²) in [6.07, 6.45) is -4.89. The third-order valence-corrected chi connectivity index (χ3v) is 1.11.